The number of aliphatic hydroxyl groups excluding tert-OH is 1. The summed E-state index contributed by atoms with van der Waals surface area (Å²) < 4.78 is 26.5. The summed E-state index contributed by atoms with van der Waals surface area (Å²) >= 11 is 0. The third-order valence-corrected chi connectivity index (χ3v) is 5.11. The lowest BCUT2D eigenvalue weighted by Crippen LogP contribution is -2.17. The molecule has 0 aliphatic carbocycles. The van der Waals surface area contributed by atoms with Crippen molar-refractivity contribution >= 4 is 10.0 Å². The summed E-state index contributed by atoms with van der Waals surface area (Å²) in [5, 5.41) is 9.21. The van der Waals surface area contributed by atoms with Crippen molar-refractivity contribution in [2.45, 2.75) is 32.3 Å². The minimum absolute atomic E-state index is 0.309. The Morgan fingerprint density at radius 3 is 2.26 bits per heavy atom. The van der Waals surface area contributed by atoms with Gasteiger partial charge in [0.2, 0.25) is 0 Å². The first-order valence-corrected chi connectivity index (χ1v) is 7.42. The van der Waals surface area contributed by atoms with E-state index in [1.54, 1.807) is 26.0 Å². The molecular formula is C14H17NO3S. The van der Waals surface area contributed by atoms with Crippen molar-refractivity contribution in [2.24, 2.45) is 0 Å². The van der Waals surface area contributed by atoms with Crippen LogP contribution in [0.15, 0.2) is 35.4 Å². The molecule has 2 aromatic rings. The molecule has 0 radical (unpaired) electrons. The molecule has 0 aliphatic heterocycles. The number of aryl methyl sites for hydroxylation is 3. The topological polar surface area (TPSA) is 59.3 Å². The lowest BCUT2D eigenvalue weighted by Gasteiger charge is -2.14. The molecule has 1 heterocycles. The van der Waals surface area contributed by atoms with Crippen molar-refractivity contribution in [3.05, 3.63) is 52.8 Å². The van der Waals surface area contributed by atoms with E-state index in [0.29, 0.717) is 10.6 Å². The van der Waals surface area contributed by atoms with Gasteiger partial charge in [0.25, 0.3) is 10.0 Å². The molecule has 0 atom stereocenters. The van der Waals surface area contributed by atoms with E-state index in [1.807, 2.05) is 19.1 Å². The summed E-state index contributed by atoms with van der Waals surface area (Å²) in [7, 11) is -3.66. The largest absolute Gasteiger partial charge is 0.390 e. The van der Waals surface area contributed by atoms with Gasteiger partial charge in [0, 0.05) is 6.20 Å². The molecule has 0 aliphatic rings. The molecule has 1 N–H and O–H groups in total. The number of benzene rings is 1. The molecule has 0 fully saturated rings. The van der Waals surface area contributed by atoms with Gasteiger partial charge in [-0.3, -0.25) is 0 Å². The predicted molar refractivity (Wildman–Crippen MR) is 73.6 cm³/mol. The van der Waals surface area contributed by atoms with Crippen LogP contribution in [0.4, 0.5) is 0 Å². The Balaban J connectivity index is 2.71. The van der Waals surface area contributed by atoms with Gasteiger partial charge in [-0.1, -0.05) is 17.7 Å². The number of nitrogens with zero attached hydrogens (tertiary/aromatic N) is 1. The molecule has 0 amide bonds. The van der Waals surface area contributed by atoms with Crippen molar-refractivity contribution < 1.29 is 13.5 Å². The third-order valence-electron chi connectivity index (χ3n) is 3.08. The highest BCUT2D eigenvalue weighted by Gasteiger charge is 2.23. The van der Waals surface area contributed by atoms with Gasteiger partial charge in [-0.05, 0) is 44.0 Å². The van der Waals surface area contributed by atoms with Crippen LogP contribution in [-0.4, -0.2) is 17.5 Å². The first-order chi connectivity index (χ1) is 8.87. The van der Waals surface area contributed by atoms with Crippen LogP contribution in [0.3, 0.4) is 0 Å². The van der Waals surface area contributed by atoms with Gasteiger partial charge in [-0.25, -0.2) is 12.4 Å². The summed E-state index contributed by atoms with van der Waals surface area (Å²) in [4.78, 5) is 0.309. The van der Waals surface area contributed by atoms with Crippen molar-refractivity contribution in [1.29, 1.82) is 0 Å². The van der Waals surface area contributed by atoms with Crippen LogP contribution in [0.25, 0.3) is 0 Å². The second-order valence-corrected chi connectivity index (χ2v) is 6.44. The van der Waals surface area contributed by atoms with E-state index in [-0.39, 0.29) is 6.61 Å². The average Bonchev–Trinajstić information content (AvgIpc) is 2.75. The fourth-order valence-corrected chi connectivity index (χ4v) is 4.22. The van der Waals surface area contributed by atoms with Crippen molar-refractivity contribution in [1.82, 2.24) is 3.97 Å². The number of hydrogen-bond donors (Lipinski definition) is 1. The van der Waals surface area contributed by atoms with Crippen LogP contribution in [0, 0.1) is 20.8 Å². The van der Waals surface area contributed by atoms with Gasteiger partial charge in [0.15, 0.2) is 0 Å². The summed E-state index contributed by atoms with van der Waals surface area (Å²) in [5.41, 5.74) is 2.83. The van der Waals surface area contributed by atoms with Gasteiger partial charge >= 0.3 is 0 Å². The standard InChI is InChI=1S/C14H17NO3S/c1-10-7-11(2)14(12(3)8-10)19(17,18)15-6-4-5-13(15)9-16/h4-8,16H,9H2,1-3H3. The van der Waals surface area contributed by atoms with E-state index in [2.05, 4.69) is 0 Å². The molecule has 0 saturated heterocycles. The summed E-state index contributed by atoms with van der Waals surface area (Å²) in [5.74, 6) is 0. The lowest BCUT2D eigenvalue weighted by molar-refractivity contribution is 0.275. The van der Waals surface area contributed by atoms with Crippen molar-refractivity contribution in [3.8, 4) is 0 Å². The van der Waals surface area contributed by atoms with Crippen LogP contribution in [0.5, 0.6) is 0 Å². The highest BCUT2D eigenvalue weighted by Crippen LogP contribution is 2.25. The zero-order valence-electron chi connectivity index (χ0n) is 11.2. The van der Waals surface area contributed by atoms with Gasteiger partial charge in [0.05, 0.1) is 17.2 Å². The van der Waals surface area contributed by atoms with E-state index >= 15 is 0 Å². The molecule has 4 nitrogen and oxygen atoms in total. The Morgan fingerprint density at radius 2 is 1.74 bits per heavy atom. The molecule has 2 rings (SSSR count). The van der Waals surface area contributed by atoms with E-state index in [9.17, 15) is 13.5 Å². The second-order valence-electron chi connectivity index (χ2n) is 4.69. The fraction of sp³-hybridized carbons (Fsp3) is 0.286. The van der Waals surface area contributed by atoms with Crippen molar-refractivity contribution in [2.75, 3.05) is 0 Å². The number of aliphatic hydroxyl groups is 1. The van der Waals surface area contributed by atoms with Crippen LogP contribution in [0.2, 0.25) is 0 Å². The highest BCUT2D eigenvalue weighted by atomic mass is 32.2. The SMILES string of the molecule is Cc1cc(C)c(S(=O)(=O)n2cccc2CO)c(C)c1. The first-order valence-electron chi connectivity index (χ1n) is 5.98. The van der Waals surface area contributed by atoms with Gasteiger partial charge in [-0.2, -0.15) is 0 Å². The monoisotopic (exact) mass is 279 g/mol. The van der Waals surface area contributed by atoms with Crippen LogP contribution in [0.1, 0.15) is 22.4 Å². The Hall–Kier alpha value is -1.59. The van der Waals surface area contributed by atoms with E-state index in [4.69, 9.17) is 0 Å². The Morgan fingerprint density at radius 1 is 1.16 bits per heavy atom. The Labute approximate surface area is 113 Å². The minimum Gasteiger partial charge on any atom is -0.390 e. The second kappa shape index (κ2) is 4.83. The maximum absolute atomic E-state index is 12.7. The van der Waals surface area contributed by atoms with Gasteiger partial charge < -0.3 is 5.11 Å². The molecule has 5 heteroatoms. The van der Waals surface area contributed by atoms with Crippen LogP contribution >= 0.6 is 0 Å². The molecule has 102 valence electrons. The number of aromatic nitrogens is 1. The summed E-state index contributed by atoms with van der Waals surface area (Å²) in [6.07, 6.45) is 1.46. The van der Waals surface area contributed by atoms with Gasteiger partial charge in [0.1, 0.15) is 0 Å². The molecule has 0 unspecified atom stereocenters. The molecule has 0 spiro atoms. The van der Waals surface area contributed by atoms with Crippen molar-refractivity contribution in [3.63, 3.8) is 0 Å². The minimum atomic E-state index is -3.66. The zero-order chi connectivity index (χ0) is 14.2. The molecule has 1 aromatic carbocycles. The molecule has 0 saturated carbocycles. The van der Waals surface area contributed by atoms with E-state index < -0.39 is 10.0 Å². The fourth-order valence-electron chi connectivity index (χ4n) is 2.43. The lowest BCUT2D eigenvalue weighted by atomic mass is 10.1. The number of hydrogen-bond acceptors (Lipinski definition) is 3. The highest BCUT2D eigenvalue weighted by molar-refractivity contribution is 7.90. The Kier molecular flexibility index (Phi) is 3.52. The third kappa shape index (κ3) is 2.31. The smallest absolute Gasteiger partial charge is 0.268 e. The summed E-state index contributed by atoms with van der Waals surface area (Å²) in [6, 6.07) is 6.91. The maximum Gasteiger partial charge on any atom is 0.268 e. The van der Waals surface area contributed by atoms with Crippen LogP contribution < -0.4 is 0 Å². The zero-order valence-corrected chi connectivity index (χ0v) is 12.0. The van der Waals surface area contributed by atoms with Crippen LogP contribution in [-0.2, 0) is 16.6 Å². The molecule has 19 heavy (non-hydrogen) atoms. The molecular weight excluding hydrogens is 262 g/mol. The van der Waals surface area contributed by atoms with E-state index in [0.717, 1.165) is 20.7 Å². The predicted octanol–water partition coefficient (Wildman–Crippen LogP) is 2.14. The normalized spacial score (nSPS) is 11.8. The molecule has 1 aromatic heterocycles. The Bertz CT molecular complexity index is 691. The van der Waals surface area contributed by atoms with Gasteiger partial charge in [-0.15, -0.1) is 0 Å². The maximum atomic E-state index is 12.7. The first kappa shape index (κ1) is 13.8. The number of rotatable bonds is 3. The molecule has 0 bridgehead atoms. The quantitative estimate of drug-likeness (QED) is 0.936. The summed E-state index contributed by atoms with van der Waals surface area (Å²) in [6.45, 7) is 5.20. The average molecular weight is 279 g/mol. The van der Waals surface area contributed by atoms with E-state index in [1.165, 1.54) is 6.20 Å².